The lowest BCUT2D eigenvalue weighted by molar-refractivity contribution is -0.840. The Morgan fingerprint density at radius 1 is 1.27 bits per heavy atom. The van der Waals surface area contributed by atoms with Gasteiger partial charge in [0.1, 0.15) is 0 Å². The molecule has 4 nitrogen and oxygen atoms in total. The van der Waals surface area contributed by atoms with Crippen LogP contribution in [0, 0.1) is 5.21 Å². The maximum atomic E-state index is 11.2. The van der Waals surface area contributed by atoms with Gasteiger partial charge in [0, 0.05) is 19.4 Å². The molecule has 0 fully saturated rings. The fourth-order valence-electron chi connectivity index (χ4n) is 1.31. The van der Waals surface area contributed by atoms with Gasteiger partial charge in [-0.25, -0.2) is 0 Å². The molecule has 4 heteroatoms. The van der Waals surface area contributed by atoms with Crippen LogP contribution in [-0.2, 0) is 4.79 Å². The Hall–Kier alpha value is -0.610. The third-order valence-corrected chi connectivity index (χ3v) is 2.20. The molecule has 0 saturated carbocycles. The van der Waals surface area contributed by atoms with Crippen molar-refractivity contribution in [1.82, 2.24) is 5.32 Å². The minimum atomic E-state index is -0.286. The number of quaternary nitrogens is 1. The number of hydrogen-bond acceptors (Lipinski definition) is 2. The molecule has 0 aromatic heterocycles. The first-order valence-corrected chi connectivity index (χ1v) is 5.76. The molecule has 0 unspecified atom stereocenters. The maximum absolute atomic E-state index is 11.2. The minimum Gasteiger partial charge on any atom is -0.633 e. The van der Waals surface area contributed by atoms with Crippen molar-refractivity contribution in [2.75, 3.05) is 27.2 Å². The minimum absolute atomic E-state index is 0.111. The van der Waals surface area contributed by atoms with Gasteiger partial charge in [-0.3, -0.25) is 4.79 Å². The summed E-state index contributed by atoms with van der Waals surface area (Å²) in [5.41, 5.74) is 0. The van der Waals surface area contributed by atoms with Crippen molar-refractivity contribution in [3.63, 3.8) is 0 Å². The van der Waals surface area contributed by atoms with Crippen LogP contribution in [0.15, 0.2) is 0 Å². The molecule has 0 aliphatic rings. The van der Waals surface area contributed by atoms with Gasteiger partial charge in [0.15, 0.2) is 0 Å². The zero-order valence-corrected chi connectivity index (χ0v) is 10.2. The highest BCUT2D eigenvalue weighted by Crippen LogP contribution is 1.98. The highest BCUT2D eigenvalue weighted by molar-refractivity contribution is 5.75. The summed E-state index contributed by atoms with van der Waals surface area (Å²) in [5.74, 6) is 0.111. The summed E-state index contributed by atoms with van der Waals surface area (Å²) in [6, 6.07) is 0. The van der Waals surface area contributed by atoms with E-state index in [4.69, 9.17) is 0 Å². The molecule has 0 spiro atoms. The monoisotopic (exact) mass is 216 g/mol. The van der Waals surface area contributed by atoms with Crippen molar-refractivity contribution >= 4 is 5.91 Å². The predicted octanol–water partition coefficient (Wildman–Crippen LogP) is 1.65. The number of nitrogens with one attached hydrogen (secondary N) is 1. The molecule has 0 heterocycles. The fraction of sp³-hybridized carbons (Fsp3) is 0.909. The summed E-state index contributed by atoms with van der Waals surface area (Å²) in [7, 11) is 3.23. The number of amides is 1. The van der Waals surface area contributed by atoms with Crippen molar-refractivity contribution in [2.24, 2.45) is 0 Å². The number of carbonyl (C=O) groups is 1. The highest BCUT2D eigenvalue weighted by Gasteiger charge is 2.03. The highest BCUT2D eigenvalue weighted by atomic mass is 16.5. The first-order valence-electron chi connectivity index (χ1n) is 5.76. The molecule has 0 aliphatic carbocycles. The van der Waals surface area contributed by atoms with E-state index in [1.807, 2.05) is 0 Å². The van der Waals surface area contributed by atoms with Crippen LogP contribution in [0.4, 0.5) is 0 Å². The normalized spacial score (nSPS) is 11.5. The van der Waals surface area contributed by atoms with E-state index >= 15 is 0 Å². The second-order valence-corrected chi connectivity index (χ2v) is 4.46. The molecule has 1 amide bonds. The Kier molecular flexibility index (Phi) is 7.34. The van der Waals surface area contributed by atoms with E-state index in [-0.39, 0.29) is 10.6 Å². The van der Waals surface area contributed by atoms with Gasteiger partial charge in [-0.05, 0) is 6.42 Å². The summed E-state index contributed by atoms with van der Waals surface area (Å²) in [5, 5.41) is 14.0. The molecular formula is C11H24N2O2. The number of carbonyl (C=O) groups excluding carboxylic acids is 1. The number of nitrogens with zero attached hydrogens (tertiary/aromatic N) is 1. The van der Waals surface area contributed by atoms with E-state index in [9.17, 15) is 10.0 Å². The molecule has 0 radical (unpaired) electrons. The van der Waals surface area contributed by atoms with Crippen molar-refractivity contribution in [2.45, 2.75) is 39.0 Å². The third kappa shape index (κ3) is 11.3. The second-order valence-electron chi connectivity index (χ2n) is 4.46. The van der Waals surface area contributed by atoms with Gasteiger partial charge in [0.2, 0.25) is 5.91 Å². The Balaban J connectivity index is 3.32. The van der Waals surface area contributed by atoms with Crippen LogP contribution in [-0.4, -0.2) is 37.7 Å². The number of hydroxylamine groups is 3. The van der Waals surface area contributed by atoms with Gasteiger partial charge in [0.25, 0.3) is 0 Å². The Morgan fingerprint density at radius 3 is 2.47 bits per heavy atom. The molecule has 0 bridgehead atoms. The maximum Gasteiger partial charge on any atom is 0.219 e. The predicted molar refractivity (Wildman–Crippen MR) is 62.1 cm³/mol. The largest absolute Gasteiger partial charge is 0.633 e. The standard InChI is InChI=1S/C11H24N2O2/c1-4-5-6-8-11(14)12-9-7-10-13(2,3)15/h4-10H2,1-3H3,(H,12,14). The van der Waals surface area contributed by atoms with Crippen molar-refractivity contribution in [3.8, 4) is 0 Å². The quantitative estimate of drug-likeness (QED) is 0.381. The van der Waals surface area contributed by atoms with Crippen LogP contribution >= 0.6 is 0 Å². The van der Waals surface area contributed by atoms with Gasteiger partial charge in [-0.15, -0.1) is 0 Å². The molecule has 0 rings (SSSR count). The first-order chi connectivity index (χ1) is 6.95. The lowest BCUT2D eigenvalue weighted by Crippen LogP contribution is -2.35. The Labute approximate surface area is 92.8 Å². The van der Waals surface area contributed by atoms with E-state index in [0.717, 1.165) is 25.7 Å². The van der Waals surface area contributed by atoms with Crippen LogP contribution in [0.3, 0.4) is 0 Å². The van der Waals surface area contributed by atoms with Crippen LogP contribution in [0.2, 0.25) is 0 Å². The van der Waals surface area contributed by atoms with E-state index in [1.165, 1.54) is 0 Å². The van der Waals surface area contributed by atoms with Gasteiger partial charge in [0.05, 0.1) is 20.6 Å². The zero-order chi connectivity index (χ0) is 11.7. The molecule has 15 heavy (non-hydrogen) atoms. The van der Waals surface area contributed by atoms with Gasteiger partial charge in [-0.2, -0.15) is 0 Å². The zero-order valence-electron chi connectivity index (χ0n) is 10.2. The molecule has 1 N–H and O–H groups in total. The van der Waals surface area contributed by atoms with Crippen molar-refractivity contribution in [3.05, 3.63) is 5.21 Å². The average Bonchev–Trinajstić information content (AvgIpc) is 2.11. The summed E-state index contributed by atoms with van der Waals surface area (Å²) in [4.78, 5) is 11.2. The Bertz CT molecular complexity index is 176. The summed E-state index contributed by atoms with van der Waals surface area (Å²) in [6.45, 7) is 3.29. The fourth-order valence-corrected chi connectivity index (χ4v) is 1.31. The summed E-state index contributed by atoms with van der Waals surface area (Å²) < 4.78 is -0.286. The third-order valence-electron chi connectivity index (χ3n) is 2.20. The van der Waals surface area contributed by atoms with E-state index < -0.39 is 0 Å². The van der Waals surface area contributed by atoms with Gasteiger partial charge in [-0.1, -0.05) is 19.8 Å². The number of hydrogen-bond donors (Lipinski definition) is 1. The average molecular weight is 216 g/mol. The molecular weight excluding hydrogens is 192 g/mol. The second kappa shape index (κ2) is 7.65. The van der Waals surface area contributed by atoms with E-state index in [0.29, 0.717) is 19.5 Å². The first kappa shape index (κ1) is 14.4. The topological polar surface area (TPSA) is 52.2 Å². The van der Waals surface area contributed by atoms with Crippen LogP contribution < -0.4 is 5.32 Å². The lowest BCUT2D eigenvalue weighted by Gasteiger charge is -2.33. The van der Waals surface area contributed by atoms with Crippen molar-refractivity contribution in [1.29, 1.82) is 0 Å². The van der Waals surface area contributed by atoms with Crippen molar-refractivity contribution < 1.29 is 9.44 Å². The molecule has 0 aromatic carbocycles. The van der Waals surface area contributed by atoms with Crippen LogP contribution in [0.5, 0.6) is 0 Å². The van der Waals surface area contributed by atoms with E-state index in [1.54, 1.807) is 14.1 Å². The van der Waals surface area contributed by atoms with Crippen LogP contribution in [0.25, 0.3) is 0 Å². The van der Waals surface area contributed by atoms with Gasteiger partial charge >= 0.3 is 0 Å². The SMILES string of the molecule is CCCCCC(=O)NCCC[N+](C)(C)[O-]. The molecule has 0 atom stereocenters. The van der Waals surface area contributed by atoms with E-state index in [2.05, 4.69) is 12.2 Å². The van der Waals surface area contributed by atoms with Crippen LogP contribution in [0.1, 0.15) is 39.0 Å². The summed E-state index contributed by atoms with van der Waals surface area (Å²) >= 11 is 0. The molecule has 0 saturated heterocycles. The number of rotatable bonds is 8. The number of unbranched alkanes of at least 4 members (excludes halogenated alkanes) is 2. The Morgan fingerprint density at radius 2 is 1.93 bits per heavy atom. The molecule has 90 valence electrons. The molecule has 0 aliphatic heterocycles. The summed E-state index contributed by atoms with van der Waals surface area (Å²) in [6.07, 6.45) is 4.57. The van der Waals surface area contributed by atoms with Gasteiger partial charge < -0.3 is 15.2 Å². The lowest BCUT2D eigenvalue weighted by atomic mass is 10.2. The molecule has 0 aromatic rings. The smallest absolute Gasteiger partial charge is 0.219 e.